The lowest BCUT2D eigenvalue weighted by Gasteiger charge is -2.20. The number of hydrogen-bond donors (Lipinski definition) is 1. The fraction of sp³-hybridized carbons (Fsp3) is 0.200. The largest absolute Gasteiger partial charge is 0.490 e. The summed E-state index contributed by atoms with van der Waals surface area (Å²) in [6, 6.07) is 22.7. The monoisotopic (exact) mass is 558 g/mol. The molecule has 0 fully saturated rings. The number of hydrazone groups is 1. The molecule has 0 aromatic heterocycles. The van der Waals surface area contributed by atoms with Crippen LogP contribution < -0.4 is 9.47 Å². The Kier molecular flexibility index (Phi) is 7.59. The fourth-order valence-corrected chi connectivity index (χ4v) is 5.18. The number of benzene rings is 3. The summed E-state index contributed by atoms with van der Waals surface area (Å²) in [4.78, 5) is 17.0. The van der Waals surface area contributed by atoms with Crippen LogP contribution in [0.5, 0.6) is 11.5 Å². The number of halogens is 1. The number of carbonyl (C=O) groups is 1. The van der Waals surface area contributed by atoms with Gasteiger partial charge in [0, 0.05) is 5.56 Å². The number of rotatable bonds is 7. The number of amides is 1. The molecule has 2 aliphatic heterocycles. The van der Waals surface area contributed by atoms with Crippen molar-refractivity contribution in [2.45, 2.75) is 26.2 Å². The number of aliphatic imine (C=N–C) groups is 1. The molecule has 0 saturated carbocycles. The molecule has 7 nitrogen and oxygen atoms in total. The van der Waals surface area contributed by atoms with E-state index in [4.69, 9.17) is 26.5 Å². The van der Waals surface area contributed by atoms with Gasteiger partial charge in [0.1, 0.15) is 29.8 Å². The first kappa shape index (κ1) is 26.7. The van der Waals surface area contributed by atoms with Crippen molar-refractivity contribution < 1.29 is 14.3 Å². The molecule has 0 bridgehead atoms. The fourth-order valence-electron chi connectivity index (χ4n) is 3.97. The predicted octanol–water partition coefficient (Wildman–Crippen LogP) is 6.76. The smallest absolute Gasteiger partial charge is 0.283 e. The van der Waals surface area contributed by atoms with E-state index >= 15 is 0 Å². The molecule has 1 N–H and O–H groups in total. The summed E-state index contributed by atoms with van der Waals surface area (Å²) in [6.07, 6.45) is 1.62. The number of nitrogens with zero attached hydrogens (tertiary/aromatic N) is 3. The van der Waals surface area contributed by atoms with Gasteiger partial charge in [0.05, 0.1) is 10.6 Å². The third-order valence-electron chi connectivity index (χ3n) is 6.07. The molecule has 0 radical (unpaired) electrons. The summed E-state index contributed by atoms with van der Waals surface area (Å²) >= 11 is 7.52. The first-order valence-electron chi connectivity index (χ1n) is 12.4. The van der Waals surface area contributed by atoms with Crippen molar-refractivity contribution in [2.24, 2.45) is 10.1 Å². The van der Waals surface area contributed by atoms with E-state index in [9.17, 15) is 4.79 Å². The highest BCUT2D eigenvalue weighted by Gasteiger charge is 2.36. The van der Waals surface area contributed by atoms with Gasteiger partial charge in [-0.1, -0.05) is 74.8 Å². The van der Waals surface area contributed by atoms with Gasteiger partial charge in [-0.2, -0.15) is 15.1 Å². The van der Waals surface area contributed by atoms with E-state index in [1.165, 1.54) is 22.3 Å². The zero-order chi connectivity index (χ0) is 27.6. The molecular formula is C30H27ClN4O3S. The normalized spacial score (nSPS) is 16.2. The summed E-state index contributed by atoms with van der Waals surface area (Å²) in [5.41, 5.74) is 2.92. The van der Waals surface area contributed by atoms with Crippen LogP contribution in [0.15, 0.2) is 88.5 Å². The van der Waals surface area contributed by atoms with Crippen molar-refractivity contribution in [3.63, 3.8) is 0 Å². The highest BCUT2D eigenvalue weighted by molar-refractivity contribution is 8.27. The Morgan fingerprint density at radius 2 is 1.69 bits per heavy atom. The Morgan fingerprint density at radius 1 is 0.974 bits per heavy atom. The average Bonchev–Trinajstić information content (AvgIpc) is 3.33. The first-order valence-corrected chi connectivity index (χ1v) is 13.6. The van der Waals surface area contributed by atoms with Crippen LogP contribution in [-0.2, 0) is 10.2 Å². The summed E-state index contributed by atoms with van der Waals surface area (Å²) in [5.74, 6) is 0.883. The summed E-state index contributed by atoms with van der Waals surface area (Å²) in [6.45, 7) is 7.27. The number of nitrogens with one attached hydrogen (secondary N) is 1. The second-order valence-corrected chi connectivity index (χ2v) is 11.3. The topological polar surface area (TPSA) is 87.3 Å². The molecule has 3 aromatic carbocycles. The van der Waals surface area contributed by atoms with E-state index in [-0.39, 0.29) is 16.8 Å². The Hall–Kier alpha value is -3.88. The van der Waals surface area contributed by atoms with Crippen molar-refractivity contribution >= 4 is 51.4 Å². The zero-order valence-corrected chi connectivity index (χ0v) is 23.3. The first-order chi connectivity index (χ1) is 18.7. The van der Waals surface area contributed by atoms with Crippen LogP contribution in [0.4, 0.5) is 0 Å². The maximum Gasteiger partial charge on any atom is 0.283 e. The standard InChI is InChI=1S/C30H27ClN4O3S/c1-30(2,3)20-11-13-21(14-12-20)37-15-16-38-22-8-6-7-19(17-22)18-24-26(32)35-29(33-27(24)36)39-28(34-35)23-9-4-5-10-25(23)31/h4-14,17-18,32H,15-16H2,1-3H3/b24-18+,32-26?. The van der Waals surface area contributed by atoms with E-state index in [0.717, 1.165) is 11.3 Å². The number of fused-ring (bicyclic) bond motifs is 1. The molecule has 2 aliphatic rings. The SMILES string of the molecule is CC(C)(C)c1ccc(OCCOc2cccc(/C=C3\C(=N)N4N=C(c5ccccc5Cl)SC4=NC3=O)c2)cc1. The number of ether oxygens (including phenoxy) is 2. The summed E-state index contributed by atoms with van der Waals surface area (Å²) in [7, 11) is 0. The van der Waals surface area contributed by atoms with E-state index in [2.05, 4.69) is 43.0 Å². The third kappa shape index (κ3) is 6.08. The molecule has 39 heavy (non-hydrogen) atoms. The molecule has 2 heterocycles. The van der Waals surface area contributed by atoms with Gasteiger partial charge in [0.2, 0.25) is 5.17 Å². The Labute approximate surface area is 236 Å². The van der Waals surface area contributed by atoms with Gasteiger partial charge in [-0.25, -0.2) is 0 Å². The molecule has 0 unspecified atom stereocenters. The molecule has 9 heteroatoms. The number of carbonyl (C=O) groups excluding carboxylic acids is 1. The minimum atomic E-state index is -0.494. The van der Waals surface area contributed by atoms with Crippen molar-refractivity contribution in [3.8, 4) is 11.5 Å². The number of hydrogen-bond acceptors (Lipinski definition) is 6. The van der Waals surface area contributed by atoms with Crippen molar-refractivity contribution in [3.05, 3.63) is 100 Å². The van der Waals surface area contributed by atoms with E-state index < -0.39 is 5.91 Å². The molecule has 0 aliphatic carbocycles. The predicted molar refractivity (Wildman–Crippen MR) is 158 cm³/mol. The van der Waals surface area contributed by atoms with Crippen LogP contribution in [0, 0.1) is 5.41 Å². The van der Waals surface area contributed by atoms with Gasteiger partial charge >= 0.3 is 0 Å². The second-order valence-electron chi connectivity index (χ2n) is 9.95. The van der Waals surface area contributed by atoms with E-state index in [0.29, 0.717) is 39.8 Å². The minimum Gasteiger partial charge on any atom is -0.490 e. The van der Waals surface area contributed by atoms with Crippen molar-refractivity contribution in [1.82, 2.24) is 5.01 Å². The quantitative estimate of drug-likeness (QED) is 0.255. The number of amidine groups is 2. The Balaban J connectivity index is 1.23. The van der Waals surface area contributed by atoms with E-state index in [1.54, 1.807) is 12.1 Å². The lowest BCUT2D eigenvalue weighted by molar-refractivity contribution is -0.114. The molecule has 3 aromatic rings. The van der Waals surface area contributed by atoms with Gasteiger partial charge in [0.25, 0.3) is 5.91 Å². The average molecular weight is 559 g/mol. The lowest BCUT2D eigenvalue weighted by Crippen LogP contribution is -2.35. The molecule has 0 atom stereocenters. The van der Waals surface area contributed by atoms with Crippen LogP contribution >= 0.6 is 23.4 Å². The summed E-state index contributed by atoms with van der Waals surface area (Å²) < 4.78 is 11.7. The minimum absolute atomic E-state index is 0.0447. The summed E-state index contributed by atoms with van der Waals surface area (Å²) in [5, 5.41) is 16.0. The maximum absolute atomic E-state index is 12.8. The lowest BCUT2D eigenvalue weighted by atomic mass is 9.87. The molecule has 0 saturated heterocycles. The van der Waals surface area contributed by atoms with E-state index in [1.807, 2.05) is 54.6 Å². The second kappa shape index (κ2) is 11.1. The van der Waals surface area contributed by atoms with Crippen LogP contribution in [0.3, 0.4) is 0 Å². The van der Waals surface area contributed by atoms with Crippen molar-refractivity contribution in [2.75, 3.05) is 13.2 Å². The third-order valence-corrected chi connectivity index (χ3v) is 7.34. The van der Waals surface area contributed by atoms with Crippen LogP contribution in [0.2, 0.25) is 5.02 Å². The molecular weight excluding hydrogens is 532 g/mol. The maximum atomic E-state index is 12.8. The Bertz CT molecular complexity index is 1520. The molecule has 5 rings (SSSR count). The van der Waals surface area contributed by atoms with Gasteiger partial charge < -0.3 is 9.47 Å². The van der Waals surface area contributed by atoms with Gasteiger partial charge in [-0.15, -0.1) is 0 Å². The number of thioether (sulfide) groups is 1. The van der Waals surface area contributed by atoms with Crippen LogP contribution in [0.25, 0.3) is 6.08 Å². The molecule has 198 valence electrons. The van der Waals surface area contributed by atoms with Gasteiger partial charge in [0.15, 0.2) is 5.84 Å². The Morgan fingerprint density at radius 3 is 2.41 bits per heavy atom. The zero-order valence-electron chi connectivity index (χ0n) is 21.8. The van der Waals surface area contributed by atoms with Crippen LogP contribution in [-0.4, -0.2) is 40.2 Å². The van der Waals surface area contributed by atoms with Crippen molar-refractivity contribution in [1.29, 1.82) is 5.41 Å². The molecule has 0 spiro atoms. The highest BCUT2D eigenvalue weighted by atomic mass is 35.5. The van der Waals surface area contributed by atoms with Gasteiger partial charge in [-0.3, -0.25) is 10.2 Å². The highest BCUT2D eigenvalue weighted by Crippen LogP contribution is 2.33. The van der Waals surface area contributed by atoms with Gasteiger partial charge in [-0.05, 0) is 64.7 Å². The molecule has 1 amide bonds. The van der Waals surface area contributed by atoms with Crippen LogP contribution in [0.1, 0.15) is 37.5 Å².